The third-order valence-corrected chi connectivity index (χ3v) is 6.12. The SMILES string of the molecule is Cc1cc(C=C2C(=N)N3N=C(C(F)(F)F)SC3=NC2=O)c(C)n1-c1cc(Cl)ccc1Cl. The number of amidine groups is 2. The van der Waals surface area contributed by atoms with Crippen LogP contribution in [-0.4, -0.2) is 37.7 Å². The van der Waals surface area contributed by atoms with Crippen molar-refractivity contribution in [1.29, 1.82) is 5.41 Å². The number of aryl methyl sites for hydroxylation is 1. The van der Waals surface area contributed by atoms with Crippen LogP contribution >= 0.6 is 35.0 Å². The molecule has 2 aromatic rings. The molecule has 0 unspecified atom stereocenters. The van der Waals surface area contributed by atoms with E-state index in [4.69, 9.17) is 28.6 Å². The number of hydrogen-bond donors (Lipinski definition) is 1. The van der Waals surface area contributed by atoms with Crippen molar-refractivity contribution < 1.29 is 18.0 Å². The maximum absolute atomic E-state index is 13.0. The fraction of sp³-hybridized carbons (Fsp3) is 0.158. The maximum Gasteiger partial charge on any atom is 0.441 e. The molecular formula is C19H12Cl2F3N5OS. The summed E-state index contributed by atoms with van der Waals surface area (Å²) in [6.45, 7) is 3.61. The Morgan fingerprint density at radius 2 is 1.90 bits per heavy atom. The number of halogens is 5. The number of fused-ring (bicyclic) bond motifs is 1. The molecule has 160 valence electrons. The van der Waals surface area contributed by atoms with Crippen molar-refractivity contribution in [3.8, 4) is 5.69 Å². The van der Waals surface area contributed by atoms with Gasteiger partial charge in [-0.25, -0.2) is 0 Å². The molecule has 0 spiro atoms. The largest absolute Gasteiger partial charge is 0.441 e. The van der Waals surface area contributed by atoms with E-state index in [1.54, 1.807) is 31.2 Å². The van der Waals surface area contributed by atoms with Gasteiger partial charge in [-0.3, -0.25) is 10.2 Å². The van der Waals surface area contributed by atoms with Crippen molar-refractivity contribution in [1.82, 2.24) is 9.58 Å². The van der Waals surface area contributed by atoms with Crippen LogP contribution in [0.4, 0.5) is 13.2 Å². The first kappa shape index (κ1) is 21.7. The van der Waals surface area contributed by atoms with Crippen LogP contribution in [0.2, 0.25) is 10.0 Å². The summed E-state index contributed by atoms with van der Waals surface area (Å²) in [7, 11) is 0. The van der Waals surface area contributed by atoms with Crippen LogP contribution in [0.5, 0.6) is 0 Å². The summed E-state index contributed by atoms with van der Waals surface area (Å²) in [4.78, 5) is 16.1. The van der Waals surface area contributed by atoms with Gasteiger partial charge in [0.05, 0.1) is 16.3 Å². The second kappa shape index (κ2) is 7.54. The summed E-state index contributed by atoms with van der Waals surface area (Å²) in [6.07, 6.45) is -3.28. The Hall–Kier alpha value is -2.56. The molecule has 31 heavy (non-hydrogen) atoms. The van der Waals surface area contributed by atoms with Gasteiger partial charge < -0.3 is 4.57 Å². The van der Waals surface area contributed by atoms with Crippen LogP contribution in [0.1, 0.15) is 17.0 Å². The highest BCUT2D eigenvalue weighted by Crippen LogP contribution is 2.36. The number of benzene rings is 1. The number of amides is 1. The molecule has 1 aromatic heterocycles. The minimum atomic E-state index is -4.70. The molecule has 3 heterocycles. The number of carbonyl (C=O) groups excluding carboxylic acids is 1. The monoisotopic (exact) mass is 485 g/mol. The van der Waals surface area contributed by atoms with Gasteiger partial charge in [-0.1, -0.05) is 23.2 Å². The van der Waals surface area contributed by atoms with Crippen molar-refractivity contribution in [2.24, 2.45) is 10.1 Å². The van der Waals surface area contributed by atoms with E-state index < -0.39 is 23.0 Å². The minimum absolute atomic E-state index is 0.172. The van der Waals surface area contributed by atoms with Crippen LogP contribution in [0, 0.1) is 19.3 Å². The number of aliphatic imine (C=N–C) groups is 1. The number of thioether (sulfide) groups is 1. The molecule has 6 nitrogen and oxygen atoms in total. The molecule has 0 fully saturated rings. The first-order chi connectivity index (χ1) is 14.5. The molecule has 0 aliphatic carbocycles. The van der Waals surface area contributed by atoms with Crippen LogP contribution in [-0.2, 0) is 4.79 Å². The van der Waals surface area contributed by atoms with Crippen molar-refractivity contribution in [2.75, 3.05) is 0 Å². The summed E-state index contributed by atoms with van der Waals surface area (Å²) in [5.74, 6) is -1.29. The highest BCUT2D eigenvalue weighted by molar-refractivity contribution is 8.27. The normalized spacial score (nSPS) is 17.9. The number of rotatable bonds is 2. The van der Waals surface area contributed by atoms with Crippen LogP contribution < -0.4 is 0 Å². The topological polar surface area (TPSA) is 73.8 Å². The molecule has 0 bridgehead atoms. The van der Waals surface area contributed by atoms with E-state index in [2.05, 4.69) is 10.1 Å². The first-order valence-corrected chi connectivity index (χ1v) is 10.3. The number of nitrogens with zero attached hydrogens (tertiary/aromatic N) is 4. The van der Waals surface area contributed by atoms with Crippen molar-refractivity contribution >= 4 is 63.0 Å². The smallest absolute Gasteiger partial charge is 0.316 e. The fourth-order valence-corrected chi connectivity index (χ4v) is 4.35. The molecular weight excluding hydrogens is 474 g/mol. The highest BCUT2D eigenvalue weighted by atomic mass is 35.5. The predicted octanol–water partition coefficient (Wildman–Crippen LogP) is 5.58. The van der Waals surface area contributed by atoms with Crippen LogP contribution in [0.25, 0.3) is 11.8 Å². The van der Waals surface area contributed by atoms with E-state index in [1.807, 2.05) is 11.5 Å². The Balaban J connectivity index is 1.77. The predicted molar refractivity (Wildman–Crippen MR) is 116 cm³/mol. The Morgan fingerprint density at radius 3 is 2.58 bits per heavy atom. The van der Waals surface area contributed by atoms with Crippen molar-refractivity contribution in [3.05, 3.63) is 56.8 Å². The van der Waals surface area contributed by atoms with Gasteiger partial charge in [0.2, 0.25) is 10.2 Å². The van der Waals surface area contributed by atoms with Gasteiger partial charge in [-0.2, -0.15) is 28.3 Å². The lowest BCUT2D eigenvalue weighted by Gasteiger charge is -2.20. The molecule has 1 amide bonds. The molecule has 1 aromatic carbocycles. The standard InChI is InChI=1S/C19H12Cl2F3N5OS/c1-8-5-10(9(2)28(8)14-7-11(20)3-4-13(14)21)6-12-15(25)29-18(26-16(12)30)31-17(27-29)19(22,23)24/h3-7,25H,1-2H3. The molecule has 0 saturated carbocycles. The second-order valence-electron chi connectivity index (χ2n) is 6.68. The van der Waals surface area contributed by atoms with Gasteiger partial charge in [-0.05, 0) is 61.5 Å². The van der Waals surface area contributed by atoms with E-state index in [0.717, 1.165) is 5.69 Å². The Morgan fingerprint density at radius 1 is 1.19 bits per heavy atom. The molecule has 0 atom stereocenters. The van der Waals surface area contributed by atoms with Crippen LogP contribution in [0.15, 0.2) is 39.9 Å². The van der Waals surface area contributed by atoms with Gasteiger partial charge in [0.15, 0.2) is 5.84 Å². The quantitative estimate of drug-likeness (QED) is 0.564. The third kappa shape index (κ3) is 3.79. The number of hydrazone groups is 1. The molecule has 1 N–H and O–H groups in total. The van der Waals surface area contributed by atoms with E-state index >= 15 is 0 Å². The minimum Gasteiger partial charge on any atom is -0.316 e. The van der Waals surface area contributed by atoms with Crippen LogP contribution in [0.3, 0.4) is 0 Å². The molecule has 2 aliphatic heterocycles. The van der Waals surface area contributed by atoms with E-state index in [-0.39, 0.29) is 22.5 Å². The van der Waals surface area contributed by atoms with Crippen molar-refractivity contribution in [3.63, 3.8) is 0 Å². The highest BCUT2D eigenvalue weighted by Gasteiger charge is 2.46. The molecule has 0 radical (unpaired) electrons. The number of nitrogens with one attached hydrogen (secondary N) is 1. The van der Waals surface area contributed by atoms with E-state index in [0.29, 0.717) is 32.0 Å². The van der Waals surface area contributed by atoms with Gasteiger partial charge >= 0.3 is 6.18 Å². The number of carbonyl (C=O) groups is 1. The van der Waals surface area contributed by atoms with Gasteiger partial charge in [0.1, 0.15) is 0 Å². The lowest BCUT2D eigenvalue weighted by atomic mass is 10.1. The Kier molecular flexibility index (Phi) is 5.27. The molecule has 0 saturated heterocycles. The molecule has 12 heteroatoms. The van der Waals surface area contributed by atoms with Gasteiger partial charge in [-0.15, -0.1) is 0 Å². The summed E-state index contributed by atoms with van der Waals surface area (Å²) < 4.78 is 40.7. The summed E-state index contributed by atoms with van der Waals surface area (Å²) in [6, 6.07) is 6.78. The zero-order chi connectivity index (χ0) is 22.7. The lowest BCUT2D eigenvalue weighted by molar-refractivity contribution is -0.114. The number of aromatic nitrogens is 1. The van der Waals surface area contributed by atoms with Gasteiger partial charge in [0, 0.05) is 16.4 Å². The second-order valence-corrected chi connectivity index (χ2v) is 8.48. The van der Waals surface area contributed by atoms with E-state index in [1.165, 1.54) is 6.08 Å². The molecule has 4 rings (SSSR count). The summed E-state index contributed by atoms with van der Waals surface area (Å²) in [5.41, 5.74) is 2.51. The zero-order valence-electron chi connectivity index (χ0n) is 15.9. The van der Waals surface area contributed by atoms with Gasteiger partial charge in [0.25, 0.3) is 5.91 Å². The molecule has 2 aliphatic rings. The summed E-state index contributed by atoms with van der Waals surface area (Å²) in [5, 5.41) is 11.8. The summed E-state index contributed by atoms with van der Waals surface area (Å²) >= 11 is 12.6. The first-order valence-electron chi connectivity index (χ1n) is 8.69. The fourth-order valence-electron chi connectivity index (χ4n) is 3.22. The Bertz CT molecular complexity index is 1250. The van der Waals surface area contributed by atoms with Crippen molar-refractivity contribution in [2.45, 2.75) is 20.0 Å². The average molecular weight is 486 g/mol. The lowest BCUT2D eigenvalue weighted by Crippen LogP contribution is -2.35. The number of alkyl halides is 3. The average Bonchev–Trinajstić information content (AvgIpc) is 3.22. The van der Waals surface area contributed by atoms with E-state index in [9.17, 15) is 18.0 Å². The maximum atomic E-state index is 13.0. The number of hydrogen-bond acceptors (Lipinski definition) is 4. The Labute approximate surface area is 188 Å². The third-order valence-electron chi connectivity index (χ3n) is 4.62. The zero-order valence-corrected chi connectivity index (χ0v) is 18.2.